The maximum absolute atomic E-state index is 13.0. The quantitative estimate of drug-likeness (QED) is 0.500. The van der Waals surface area contributed by atoms with Gasteiger partial charge >= 0.3 is 0 Å². The van der Waals surface area contributed by atoms with E-state index in [2.05, 4.69) is 0 Å². The summed E-state index contributed by atoms with van der Waals surface area (Å²) < 4.78 is 3.62. The summed E-state index contributed by atoms with van der Waals surface area (Å²) in [6.07, 6.45) is 0.0445. The third kappa shape index (κ3) is 5.85. The van der Waals surface area contributed by atoms with E-state index in [0.717, 1.165) is 11.1 Å². The van der Waals surface area contributed by atoms with Crippen LogP contribution in [0.5, 0.6) is 0 Å². The second kappa shape index (κ2) is 9.38. The lowest BCUT2D eigenvalue weighted by molar-refractivity contribution is -0.125. The minimum Gasteiger partial charge on any atom is -0.370 e. The highest BCUT2D eigenvalue weighted by Crippen LogP contribution is 2.34. The van der Waals surface area contributed by atoms with Gasteiger partial charge in [0.05, 0.1) is 18.2 Å². The predicted molar refractivity (Wildman–Crippen MR) is 101 cm³/mol. The molecule has 0 atom stereocenters. The lowest BCUT2D eigenvalue weighted by atomic mass is 10.0. The van der Waals surface area contributed by atoms with Crippen LogP contribution in [-0.4, -0.2) is 29.0 Å². The summed E-state index contributed by atoms with van der Waals surface area (Å²) in [4.78, 5) is 25.5. The van der Waals surface area contributed by atoms with E-state index in [1.165, 1.54) is 4.90 Å². The maximum Gasteiger partial charge on any atom is 0.265 e. The Bertz CT molecular complexity index is 599. The Hall–Kier alpha value is -1.34. The first-order chi connectivity index (χ1) is 11.6. The van der Waals surface area contributed by atoms with Crippen LogP contribution in [0.1, 0.15) is 38.3 Å². The Morgan fingerprint density at radius 3 is 2.36 bits per heavy atom. The monoisotopic (exact) mass is 389 g/mol. The van der Waals surface area contributed by atoms with Crippen molar-refractivity contribution in [2.45, 2.75) is 50.6 Å². The Morgan fingerprint density at radius 1 is 1.28 bits per heavy atom. The molecule has 0 saturated carbocycles. The third-order valence-electron chi connectivity index (χ3n) is 3.57. The summed E-state index contributed by atoms with van der Waals surface area (Å²) in [5.74, 6) is -1.45. The summed E-state index contributed by atoms with van der Waals surface area (Å²) in [5.41, 5.74) is 13.3. The molecule has 1 aromatic carbocycles. The number of halogens is 2. The zero-order chi connectivity index (χ0) is 19.2. The van der Waals surface area contributed by atoms with Crippen molar-refractivity contribution in [1.82, 2.24) is 0 Å². The van der Waals surface area contributed by atoms with Crippen molar-refractivity contribution in [3.63, 3.8) is 0 Å². The van der Waals surface area contributed by atoms with Crippen LogP contribution in [0.15, 0.2) is 18.2 Å². The fourth-order valence-corrected chi connectivity index (χ4v) is 2.85. The Balaban J connectivity index is 3.39. The van der Waals surface area contributed by atoms with Gasteiger partial charge in [0, 0.05) is 6.54 Å². The van der Waals surface area contributed by atoms with Gasteiger partial charge in [-0.3, -0.25) is 14.5 Å². The number of primary amides is 1. The molecule has 0 aromatic heterocycles. The number of hydrogen-bond acceptors (Lipinski definition) is 4. The van der Waals surface area contributed by atoms with Crippen molar-refractivity contribution in [3.05, 3.63) is 29.3 Å². The van der Waals surface area contributed by atoms with E-state index >= 15 is 0 Å². The molecule has 2 amide bonds. The largest absolute Gasteiger partial charge is 0.370 e. The normalized spacial score (nSPS) is 11.6. The van der Waals surface area contributed by atoms with E-state index in [0.29, 0.717) is 12.1 Å². The highest BCUT2D eigenvalue weighted by atomic mass is 35.5. The van der Waals surface area contributed by atoms with Gasteiger partial charge in [0.15, 0.2) is 0 Å². The van der Waals surface area contributed by atoms with Crippen LogP contribution in [0.25, 0.3) is 0 Å². The zero-order valence-corrected chi connectivity index (χ0v) is 16.2. The SMILES string of the molecule is CCc1cccc(CN)c1N(COC(C)C)C(=O)C(Cl)(Cl)CC(N)=O. The number of rotatable bonds is 9. The van der Waals surface area contributed by atoms with Crippen LogP contribution >= 0.6 is 23.2 Å². The zero-order valence-electron chi connectivity index (χ0n) is 14.7. The van der Waals surface area contributed by atoms with Gasteiger partial charge in [-0.1, -0.05) is 48.3 Å². The van der Waals surface area contributed by atoms with Crippen molar-refractivity contribution in [1.29, 1.82) is 0 Å². The van der Waals surface area contributed by atoms with Crippen molar-refractivity contribution in [2.75, 3.05) is 11.6 Å². The average molecular weight is 390 g/mol. The second-order valence-electron chi connectivity index (χ2n) is 5.91. The van der Waals surface area contributed by atoms with Gasteiger partial charge < -0.3 is 16.2 Å². The van der Waals surface area contributed by atoms with Gasteiger partial charge in [-0.15, -0.1) is 0 Å². The third-order valence-corrected chi connectivity index (χ3v) is 4.16. The number of carbonyl (C=O) groups excluding carboxylic acids is 2. The highest BCUT2D eigenvalue weighted by molar-refractivity contribution is 6.60. The van der Waals surface area contributed by atoms with Crippen LogP contribution in [0, 0.1) is 0 Å². The lowest BCUT2D eigenvalue weighted by Crippen LogP contribution is -2.46. The molecule has 4 N–H and O–H groups in total. The predicted octanol–water partition coefficient (Wildman–Crippen LogP) is 2.47. The molecule has 0 fully saturated rings. The van der Waals surface area contributed by atoms with Crippen LogP contribution in [0.4, 0.5) is 5.69 Å². The van der Waals surface area contributed by atoms with E-state index in [1.807, 2.05) is 39.0 Å². The number of aryl methyl sites for hydroxylation is 1. The first-order valence-corrected chi connectivity index (χ1v) is 8.80. The van der Waals surface area contributed by atoms with Crippen molar-refractivity contribution >= 4 is 40.7 Å². The van der Waals surface area contributed by atoms with Gasteiger partial charge in [0.25, 0.3) is 5.91 Å². The number of para-hydroxylation sites is 1. The average Bonchev–Trinajstić information content (AvgIpc) is 2.53. The minimum absolute atomic E-state index is 0.0690. The number of carbonyl (C=O) groups is 2. The molecule has 1 rings (SSSR count). The molecule has 8 heteroatoms. The topological polar surface area (TPSA) is 98.7 Å². The van der Waals surface area contributed by atoms with Gasteiger partial charge in [0.1, 0.15) is 6.73 Å². The molecule has 0 saturated heterocycles. The first-order valence-electron chi connectivity index (χ1n) is 8.04. The summed E-state index contributed by atoms with van der Waals surface area (Å²) in [6, 6.07) is 5.58. The van der Waals surface area contributed by atoms with Crippen molar-refractivity contribution in [3.8, 4) is 0 Å². The Morgan fingerprint density at radius 2 is 1.88 bits per heavy atom. The molecule has 0 radical (unpaired) electrons. The second-order valence-corrected chi connectivity index (χ2v) is 7.39. The molecule has 140 valence electrons. The van der Waals surface area contributed by atoms with Crippen LogP contribution in [-0.2, 0) is 27.3 Å². The molecule has 0 unspecified atom stereocenters. The van der Waals surface area contributed by atoms with E-state index in [-0.39, 0.29) is 19.4 Å². The molecule has 0 aliphatic heterocycles. The van der Waals surface area contributed by atoms with Crippen molar-refractivity contribution < 1.29 is 14.3 Å². The van der Waals surface area contributed by atoms with Crippen molar-refractivity contribution in [2.24, 2.45) is 11.5 Å². The molecule has 6 nitrogen and oxygen atoms in total. The fourth-order valence-electron chi connectivity index (χ4n) is 2.38. The number of amides is 2. The van der Waals surface area contributed by atoms with Crippen LogP contribution in [0.2, 0.25) is 0 Å². The molecular weight excluding hydrogens is 365 g/mol. The molecule has 25 heavy (non-hydrogen) atoms. The first kappa shape index (κ1) is 21.7. The maximum atomic E-state index is 13.0. The molecule has 0 aliphatic carbocycles. The summed E-state index contributed by atoms with van der Waals surface area (Å²) in [6.45, 7) is 5.80. The molecule has 1 aromatic rings. The number of benzene rings is 1. The number of alkyl halides is 2. The van der Waals surface area contributed by atoms with E-state index in [1.54, 1.807) is 0 Å². The van der Waals surface area contributed by atoms with E-state index < -0.39 is 22.6 Å². The summed E-state index contributed by atoms with van der Waals surface area (Å²) in [5, 5.41) is 0. The van der Waals surface area contributed by atoms with Gasteiger partial charge in [-0.2, -0.15) is 0 Å². The minimum atomic E-state index is -1.99. The number of anilines is 1. The molecule has 0 bridgehead atoms. The number of nitrogens with two attached hydrogens (primary N) is 2. The molecule has 0 aliphatic rings. The van der Waals surface area contributed by atoms with Gasteiger partial charge in [-0.05, 0) is 31.4 Å². The van der Waals surface area contributed by atoms with E-state index in [4.69, 9.17) is 39.4 Å². The Kier molecular flexibility index (Phi) is 8.15. The lowest BCUT2D eigenvalue weighted by Gasteiger charge is -2.32. The molecule has 0 spiro atoms. The Labute approximate surface area is 158 Å². The van der Waals surface area contributed by atoms with Crippen LogP contribution < -0.4 is 16.4 Å². The summed E-state index contributed by atoms with van der Waals surface area (Å²) >= 11 is 12.2. The van der Waals surface area contributed by atoms with Crippen LogP contribution in [0.3, 0.4) is 0 Å². The highest BCUT2D eigenvalue weighted by Gasteiger charge is 2.40. The molecule has 0 heterocycles. The number of nitrogens with zero attached hydrogens (tertiary/aromatic N) is 1. The summed E-state index contributed by atoms with van der Waals surface area (Å²) in [7, 11) is 0. The van der Waals surface area contributed by atoms with E-state index in [9.17, 15) is 9.59 Å². The van der Waals surface area contributed by atoms with Gasteiger partial charge in [-0.25, -0.2) is 0 Å². The van der Waals surface area contributed by atoms with Gasteiger partial charge in [0.2, 0.25) is 10.2 Å². The number of hydrogen-bond donors (Lipinski definition) is 2. The fraction of sp³-hybridized carbons (Fsp3) is 0.529. The smallest absolute Gasteiger partial charge is 0.265 e. The standard InChI is InChI=1S/C17H25Cl2N3O3/c1-4-12-6-5-7-13(9-20)15(12)22(10-25-11(2)3)16(24)17(18,19)8-14(21)23/h5-7,11H,4,8-10,20H2,1-3H3,(H2,21,23). The molecular formula is C17H25Cl2N3O3. The number of ether oxygens (including phenoxy) is 1.